The van der Waals surface area contributed by atoms with E-state index in [0.29, 0.717) is 11.5 Å². The first kappa shape index (κ1) is 7.87. The van der Waals surface area contributed by atoms with Crippen molar-refractivity contribution in [1.29, 1.82) is 0 Å². The molecule has 2 rings (SSSR count). The molecule has 0 fully saturated rings. The molecule has 0 amide bonds. The van der Waals surface area contributed by atoms with Gasteiger partial charge >= 0.3 is 0 Å². The molecule has 2 aromatic rings. The van der Waals surface area contributed by atoms with Crippen molar-refractivity contribution in [3.63, 3.8) is 0 Å². The molecule has 0 radical (unpaired) electrons. The van der Waals surface area contributed by atoms with Crippen LogP contribution in [-0.2, 0) is 0 Å². The van der Waals surface area contributed by atoms with Crippen LogP contribution in [0.2, 0.25) is 5.28 Å². The van der Waals surface area contributed by atoms with Crippen molar-refractivity contribution in [2.24, 2.45) is 0 Å². The third-order valence-electron chi connectivity index (χ3n) is 1.27. The van der Waals surface area contributed by atoms with Crippen molar-refractivity contribution in [2.75, 3.05) is 5.73 Å². The van der Waals surface area contributed by atoms with Crippen molar-refractivity contribution in [3.05, 3.63) is 11.5 Å². The summed E-state index contributed by atoms with van der Waals surface area (Å²) >= 11 is 5.57. The van der Waals surface area contributed by atoms with Crippen LogP contribution in [0.5, 0.6) is 0 Å². The van der Waals surface area contributed by atoms with Gasteiger partial charge in [0.2, 0.25) is 11.2 Å². The first-order valence-corrected chi connectivity index (χ1v) is 3.66. The van der Waals surface area contributed by atoms with Gasteiger partial charge in [-0.25, -0.2) is 0 Å². The van der Waals surface area contributed by atoms with Crippen LogP contribution >= 0.6 is 11.6 Å². The summed E-state index contributed by atoms with van der Waals surface area (Å²) in [5.74, 6) is 0.351. The molecule has 0 atom stereocenters. The number of rotatable bonds is 1. The van der Waals surface area contributed by atoms with Crippen molar-refractivity contribution in [1.82, 2.24) is 30.4 Å². The monoisotopic (exact) mass is 197 g/mol. The minimum Gasteiger partial charge on any atom is -0.368 e. The van der Waals surface area contributed by atoms with E-state index >= 15 is 0 Å². The second-order valence-electron chi connectivity index (χ2n) is 2.14. The number of nitrogens with zero attached hydrogens (tertiary/aromatic N) is 5. The number of hydrogen-bond acceptors (Lipinski definition) is 6. The highest BCUT2D eigenvalue weighted by molar-refractivity contribution is 6.28. The first-order valence-electron chi connectivity index (χ1n) is 3.29. The third kappa shape index (κ3) is 1.54. The number of halogens is 1. The van der Waals surface area contributed by atoms with Crippen LogP contribution in [0.3, 0.4) is 0 Å². The van der Waals surface area contributed by atoms with Gasteiger partial charge < -0.3 is 5.73 Å². The number of aromatic amines is 1. The zero-order valence-corrected chi connectivity index (χ0v) is 7.02. The summed E-state index contributed by atoms with van der Waals surface area (Å²) in [4.78, 5) is 11.2. The fourth-order valence-corrected chi connectivity index (χ4v) is 0.956. The molecule has 66 valence electrons. The van der Waals surface area contributed by atoms with Gasteiger partial charge in [-0.05, 0) is 11.6 Å². The minimum atomic E-state index is 0.0329. The Morgan fingerprint density at radius 2 is 2.15 bits per heavy atom. The van der Waals surface area contributed by atoms with Crippen molar-refractivity contribution in [3.8, 4) is 11.5 Å². The summed E-state index contributed by atoms with van der Waals surface area (Å²) in [6, 6.07) is 0. The van der Waals surface area contributed by atoms with Crippen LogP contribution in [0, 0.1) is 0 Å². The molecule has 0 spiro atoms. The Hall–Kier alpha value is -1.76. The molecule has 0 aliphatic heterocycles. The van der Waals surface area contributed by atoms with Crippen LogP contribution in [0.4, 0.5) is 5.95 Å². The molecule has 0 unspecified atom stereocenters. The highest BCUT2D eigenvalue weighted by atomic mass is 35.5. The first-order chi connectivity index (χ1) is 6.25. The summed E-state index contributed by atoms with van der Waals surface area (Å²) in [5.41, 5.74) is 5.83. The van der Waals surface area contributed by atoms with Gasteiger partial charge in [-0.3, -0.25) is 0 Å². The molecule has 2 aromatic heterocycles. The molecule has 7 nitrogen and oxygen atoms in total. The van der Waals surface area contributed by atoms with Crippen molar-refractivity contribution in [2.45, 2.75) is 0 Å². The number of hydrogen-bond donors (Lipinski definition) is 2. The van der Waals surface area contributed by atoms with E-state index in [1.807, 2.05) is 0 Å². The van der Waals surface area contributed by atoms with Gasteiger partial charge in [-0.15, -0.1) is 0 Å². The lowest BCUT2D eigenvalue weighted by Crippen LogP contribution is -1.99. The lowest BCUT2D eigenvalue weighted by molar-refractivity contribution is 0.936. The van der Waals surface area contributed by atoms with Crippen LogP contribution in [0.1, 0.15) is 0 Å². The number of nitrogen functional groups attached to an aromatic ring is 1. The molecule has 0 aliphatic carbocycles. The van der Waals surface area contributed by atoms with Crippen LogP contribution < -0.4 is 5.73 Å². The van der Waals surface area contributed by atoms with Gasteiger partial charge in [-0.1, -0.05) is 0 Å². The molecular formula is C5H4ClN7. The highest BCUT2D eigenvalue weighted by Crippen LogP contribution is 2.12. The SMILES string of the molecule is Nc1nc(Cl)nc(-c2cn[nH]n2)n1. The van der Waals surface area contributed by atoms with Crippen LogP contribution in [0.15, 0.2) is 6.20 Å². The van der Waals surface area contributed by atoms with E-state index in [1.165, 1.54) is 6.20 Å². The van der Waals surface area contributed by atoms with Gasteiger partial charge in [0.15, 0.2) is 5.82 Å². The Bertz CT molecular complexity index is 391. The molecule has 0 saturated heterocycles. The van der Waals surface area contributed by atoms with E-state index in [9.17, 15) is 0 Å². The van der Waals surface area contributed by atoms with Crippen molar-refractivity contribution >= 4 is 17.5 Å². The van der Waals surface area contributed by atoms with E-state index < -0.39 is 0 Å². The number of anilines is 1. The lowest BCUT2D eigenvalue weighted by Gasteiger charge is -1.95. The predicted octanol–water partition coefficient (Wildman–Crippen LogP) is -0.108. The van der Waals surface area contributed by atoms with E-state index in [0.717, 1.165) is 0 Å². The van der Waals surface area contributed by atoms with Gasteiger partial charge in [0, 0.05) is 0 Å². The Kier molecular flexibility index (Phi) is 1.78. The molecule has 3 N–H and O–H groups in total. The Morgan fingerprint density at radius 3 is 2.77 bits per heavy atom. The van der Waals surface area contributed by atoms with E-state index in [2.05, 4.69) is 30.4 Å². The number of aromatic nitrogens is 6. The number of nitrogens with one attached hydrogen (secondary N) is 1. The van der Waals surface area contributed by atoms with Crippen molar-refractivity contribution < 1.29 is 0 Å². The lowest BCUT2D eigenvalue weighted by atomic mass is 10.4. The zero-order valence-electron chi connectivity index (χ0n) is 6.27. The summed E-state index contributed by atoms with van der Waals surface area (Å²) in [6.07, 6.45) is 1.46. The molecule has 8 heteroatoms. The standard InChI is InChI=1S/C5H4ClN7/c6-4-9-3(10-5(7)11-4)2-1-8-13-12-2/h1H,(H,8,12,13)(H2,7,9,10,11). The summed E-state index contributed by atoms with van der Waals surface area (Å²) in [6.45, 7) is 0. The smallest absolute Gasteiger partial charge is 0.227 e. The average Bonchev–Trinajstić information content (AvgIpc) is 2.53. The van der Waals surface area contributed by atoms with E-state index in [1.54, 1.807) is 0 Å². The second kappa shape index (κ2) is 2.94. The summed E-state index contributed by atoms with van der Waals surface area (Å²) < 4.78 is 0. The van der Waals surface area contributed by atoms with Crippen LogP contribution in [0.25, 0.3) is 11.5 Å². The summed E-state index contributed by atoms with van der Waals surface area (Å²) in [7, 11) is 0. The van der Waals surface area contributed by atoms with Gasteiger partial charge in [0.25, 0.3) is 0 Å². The van der Waals surface area contributed by atoms with E-state index in [4.69, 9.17) is 17.3 Å². The Balaban J connectivity index is 2.53. The van der Waals surface area contributed by atoms with Gasteiger partial charge in [0.05, 0.1) is 6.20 Å². The number of nitrogens with two attached hydrogens (primary N) is 1. The van der Waals surface area contributed by atoms with Crippen LogP contribution in [-0.4, -0.2) is 30.4 Å². The van der Waals surface area contributed by atoms with Gasteiger partial charge in [0.1, 0.15) is 5.69 Å². The Labute approximate surface area is 77.4 Å². The molecule has 2 heterocycles. The topological polar surface area (TPSA) is 106 Å². The van der Waals surface area contributed by atoms with Gasteiger partial charge in [-0.2, -0.15) is 30.4 Å². The van der Waals surface area contributed by atoms with E-state index in [-0.39, 0.29) is 11.2 Å². The molecule has 0 aliphatic rings. The largest absolute Gasteiger partial charge is 0.368 e. The third-order valence-corrected chi connectivity index (χ3v) is 1.44. The quantitative estimate of drug-likeness (QED) is 0.661. The predicted molar refractivity (Wildman–Crippen MR) is 44.6 cm³/mol. The maximum atomic E-state index is 5.57. The fourth-order valence-electron chi connectivity index (χ4n) is 0.789. The normalized spacial score (nSPS) is 10.2. The number of H-pyrrole nitrogens is 1. The maximum Gasteiger partial charge on any atom is 0.227 e. The molecule has 0 bridgehead atoms. The summed E-state index contributed by atoms with van der Waals surface area (Å²) in [5, 5.41) is 9.82. The molecule has 0 saturated carbocycles. The highest BCUT2D eigenvalue weighted by Gasteiger charge is 2.07. The minimum absolute atomic E-state index is 0.0329. The molecular weight excluding hydrogens is 194 g/mol. The maximum absolute atomic E-state index is 5.57. The average molecular weight is 198 g/mol. The zero-order chi connectivity index (χ0) is 9.26. The Morgan fingerprint density at radius 1 is 1.31 bits per heavy atom. The fraction of sp³-hybridized carbons (Fsp3) is 0. The molecule has 0 aromatic carbocycles. The molecule has 13 heavy (non-hydrogen) atoms. The second-order valence-corrected chi connectivity index (χ2v) is 2.48.